The summed E-state index contributed by atoms with van der Waals surface area (Å²) in [4.78, 5) is 4.47. The minimum atomic E-state index is -0.375. The Hall–Kier alpha value is -1.66. The van der Waals surface area contributed by atoms with Crippen LogP contribution in [-0.2, 0) is 16.4 Å². The van der Waals surface area contributed by atoms with Crippen molar-refractivity contribution in [3.63, 3.8) is 0 Å². The molecule has 0 radical (unpaired) electrons. The molecule has 1 fully saturated rings. The third kappa shape index (κ3) is 2.49. The second-order valence-corrected chi connectivity index (χ2v) is 6.44. The van der Waals surface area contributed by atoms with Crippen molar-refractivity contribution in [3.8, 4) is 11.4 Å². The van der Waals surface area contributed by atoms with Crippen molar-refractivity contribution >= 4 is 12.6 Å². The van der Waals surface area contributed by atoms with Gasteiger partial charge in [-0.3, -0.25) is 9.67 Å². The summed E-state index contributed by atoms with van der Waals surface area (Å²) in [6.07, 6.45) is 3.70. The molecule has 0 spiro atoms. The van der Waals surface area contributed by atoms with Gasteiger partial charge in [-0.15, -0.1) is 0 Å². The molecule has 21 heavy (non-hydrogen) atoms. The first kappa shape index (κ1) is 14.3. The van der Waals surface area contributed by atoms with E-state index < -0.39 is 0 Å². The molecule has 5 nitrogen and oxygen atoms in total. The predicted molar refractivity (Wildman–Crippen MR) is 82.2 cm³/mol. The number of rotatable bonds is 2. The number of hydrogen-bond donors (Lipinski definition) is 0. The standard InChI is InChI=1S/C15H20BN3O2/c1-14(2)15(3,4)21-16(20-14)11-6-7-12(17-10-11)13-8-9-19(5)18-13/h6-10H,1-5H3. The van der Waals surface area contributed by atoms with Gasteiger partial charge in [-0.2, -0.15) is 5.10 Å². The normalized spacial score (nSPS) is 20.0. The van der Waals surface area contributed by atoms with E-state index in [2.05, 4.69) is 10.1 Å². The minimum Gasteiger partial charge on any atom is -0.399 e. The zero-order chi connectivity index (χ0) is 15.3. The molecule has 6 heteroatoms. The van der Waals surface area contributed by atoms with Crippen molar-refractivity contribution in [2.75, 3.05) is 0 Å². The lowest BCUT2D eigenvalue weighted by molar-refractivity contribution is 0.00578. The lowest BCUT2D eigenvalue weighted by atomic mass is 9.80. The van der Waals surface area contributed by atoms with Crippen molar-refractivity contribution in [1.29, 1.82) is 0 Å². The largest absolute Gasteiger partial charge is 0.496 e. The van der Waals surface area contributed by atoms with Crippen molar-refractivity contribution in [3.05, 3.63) is 30.6 Å². The monoisotopic (exact) mass is 285 g/mol. The quantitative estimate of drug-likeness (QED) is 0.789. The molecule has 0 atom stereocenters. The highest BCUT2D eigenvalue weighted by atomic mass is 16.7. The fourth-order valence-corrected chi connectivity index (χ4v) is 2.23. The lowest BCUT2D eigenvalue weighted by Crippen LogP contribution is -2.41. The van der Waals surface area contributed by atoms with E-state index in [0.717, 1.165) is 16.9 Å². The van der Waals surface area contributed by atoms with Crippen LogP contribution in [0.5, 0.6) is 0 Å². The van der Waals surface area contributed by atoms with E-state index in [1.807, 2.05) is 59.1 Å². The summed E-state index contributed by atoms with van der Waals surface area (Å²) in [7, 11) is 1.52. The van der Waals surface area contributed by atoms with E-state index in [-0.39, 0.29) is 18.3 Å². The summed E-state index contributed by atoms with van der Waals surface area (Å²) in [6, 6.07) is 5.87. The Morgan fingerprint density at radius 3 is 2.14 bits per heavy atom. The van der Waals surface area contributed by atoms with Crippen LogP contribution >= 0.6 is 0 Å². The molecule has 0 saturated carbocycles. The molecule has 0 unspecified atom stereocenters. The predicted octanol–water partition coefficient (Wildman–Crippen LogP) is 1.78. The fraction of sp³-hybridized carbons (Fsp3) is 0.467. The number of hydrogen-bond acceptors (Lipinski definition) is 4. The Balaban J connectivity index is 1.83. The molecule has 2 aromatic heterocycles. The first-order valence-corrected chi connectivity index (χ1v) is 7.10. The van der Waals surface area contributed by atoms with Crippen LogP contribution in [0.2, 0.25) is 0 Å². The molecule has 3 rings (SSSR count). The smallest absolute Gasteiger partial charge is 0.399 e. The Morgan fingerprint density at radius 1 is 1.00 bits per heavy atom. The number of pyridine rings is 1. The van der Waals surface area contributed by atoms with Crippen LogP contribution in [0.3, 0.4) is 0 Å². The molecule has 1 saturated heterocycles. The van der Waals surface area contributed by atoms with Gasteiger partial charge in [-0.1, -0.05) is 6.07 Å². The molecule has 0 amide bonds. The van der Waals surface area contributed by atoms with E-state index in [1.54, 1.807) is 10.9 Å². The molecule has 0 bridgehead atoms. The summed E-state index contributed by atoms with van der Waals surface area (Å²) in [5.41, 5.74) is 1.96. The maximum Gasteiger partial charge on any atom is 0.496 e. The van der Waals surface area contributed by atoms with Gasteiger partial charge in [-0.05, 0) is 39.8 Å². The van der Waals surface area contributed by atoms with Gasteiger partial charge < -0.3 is 9.31 Å². The number of aromatic nitrogens is 3. The SMILES string of the molecule is Cn1ccc(-c2ccc(B3OC(C)(C)C(C)(C)O3)cn2)n1. The van der Waals surface area contributed by atoms with Crippen LogP contribution in [0.4, 0.5) is 0 Å². The van der Waals surface area contributed by atoms with Crippen LogP contribution in [0.25, 0.3) is 11.4 Å². The van der Waals surface area contributed by atoms with Gasteiger partial charge in [0.25, 0.3) is 0 Å². The van der Waals surface area contributed by atoms with Crippen molar-refractivity contribution < 1.29 is 9.31 Å². The van der Waals surface area contributed by atoms with Gasteiger partial charge >= 0.3 is 7.12 Å². The molecule has 0 N–H and O–H groups in total. The van der Waals surface area contributed by atoms with E-state index >= 15 is 0 Å². The van der Waals surface area contributed by atoms with Crippen LogP contribution < -0.4 is 5.46 Å². The average molecular weight is 285 g/mol. The first-order valence-electron chi connectivity index (χ1n) is 7.10. The van der Waals surface area contributed by atoms with Crippen LogP contribution in [-0.4, -0.2) is 33.1 Å². The van der Waals surface area contributed by atoms with E-state index in [9.17, 15) is 0 Å². The Morgan fingerprint density at radius 2 is 1.67 bits per heavy atom. The average Bonchev–Trinajstić information content (AvgIpc) is 2.92. The number of aryl methyl sites for hydroxylation is 1. The molecule has 110 valence electrons. The summed E-state index contributed by atoms with van der Waals surface area (Å²) in [5, 5.41) is 4.35. The molecule has 0 aromatic carbocycles. The zero-order valence-electron chi connectivity index (χ0n) is 13.1. The highest BCUT2D eigenvalue weighted by Crippen LogP contribution is 2.36. The molecular formula is C15H20BN3O2. The topological polar surface area (TPSA) is 49.2 Å². The van der Waals surface area contributed by atoms with Crippen molar-refractivity contribution in [1.82, 2.24) is 14.8 Å². The second kappa shape index (κ2) is 4.68. The van der Waals surface area contributed by atoms with E-state index in [1.165, 1.54) is 0 Å². The maximum atomic E-state index is 6.02. The van der Waals surface area contributed by atoms with E-state index in [0.29, 0.717) is 0 Å². The molecular weight excluding hydrogens is 265 g/mol. The van der Waals surface area contributed by atoms with Gasteiger partial charge in [-0.25, -0.2) is 0 Å². The molecule has 3 heterocycles. The molecule has 0 aliphatic carbocycles. The fourth-order valence-electron chi connectivity index (χ4n) is 2.23. The van der Waals surface area contributed by atoms with Gasteiger partial charge in [0.15, 0.2) is 0 Å². The first-order chi connectivity index (χ1) is 9.78. The third-order valence-electron chi connectivity index (χ3n) is 4.29. The molecule has 2 aromatic rings. The highest BCUT2D eigenvalue weighted by Gasteiger charge is 2.51. The van der Waals surface area contributed by atoms with Gasteiger partial charge in [0, 0.05) is 24.9 Å². The molecule has 1 aliphatic heterocycles. The Labute approximate surface area is 125 Å². The third-order valence-corrected chi connectivity index (χ3v) is 4.29. The van der Waals surface area contributed by atoms with Crippen LogP contribution in [0.1, 0.15) is 27.7 Å². The Bertz CT molecular complexity index is 633. The zero-order valence-corrected chi connectivity index (χ0v) is 13.1. The van der Waals surface area contributed by atoms with Crippen LogP contribution in [0.15, 0.2) is 30.6 Å². The lowest BCUT2D eigenvalue weighted by Gasteiger charge is -2.32. The van der Waals surface area contributed by atoms with Crippen molar-refractivity contribution in [2.45, 2.75) is 38.9 Å². The summed E-state index contributed by atoms with van der Waals surface area (Å²) in [6.45, 7) is 8.18. The summed E-state index contributed by atoms with van der Waals surface area (Å²) < 4.78 is 13.8. The number of nitrogens with zero attached hydrogens (tertiary/aromatic N) is 3. The second-order valence-electron chi connectivity index (χ2n) is 6.44. The Kier molecular flexibility index (Phi) is 3.18. The van der Waals surface area contributed by atoms with Crippen molar-refractivity contribution in [2.24, 2.45) is 7.05 Å². The van der Waals surface area contributed by atoms with Crippen LogP contribution in [0, 0.1) is 0 Å². The highest BCUT2D eigenvalue weighted by molar-refractivity contribution is 6.62. The minimum absolute atomic E-state index is 0.336. The summed E-state index contributed by atoms with van der Waals surface area (Å²) >= 11 is 0. The van der Waals surface area contributed by atoms with Gasteiger partial charge in [0.1, 0.15) is 5.69 Å². The summed E-state index contributed by atoms with van der Waals surface area (Å²) in [5.74, 6) is 0. The molecule has 1 aliphatic rings. The van der Waals surface area contributed by atoms with Gasteiger partial charge in [0.05, 0.1) is 16.9 Å². The van der Waals surface area contributed by atoms with Gasteiger partial charge in [0.2, 0.25) is 0 Å². The maximum absolute atomic E-state index is 6.02. The van der Waals surface area contributed by atoms with E-state index in [4.69, 9.17) is 9.31 Å².